The van der Waals surface area contributed by atoms with Gasteiger partial charge in [-0.1, -0.05) is 42.4 Å². The van der Waals surface area contributed by atoms with Crippen molar-refractivity contribution in [1.82, 2.24) is 15.0 Å². The van der Waals surface area contributed by atoms with Crippen LogP contribution in [0.1, 0.15) is 43.6 Å². The molecule has 0 aliphatic carbocycles. The van der Waals surface area contributed by atoms with E-state index in [-0.39, 0.29) is 11.5 Å². The van der Waals surface area contributed by atoms with E-state index in [0.717, 1.165) is 31.9 Å². The first-order chi connectivity index (χ1) is 10.6. The predicted octanol–water partition coefficient (Wildman–Crippen LogP) is 2.39. The molecule has 1 fully saturated rings. The first-order valence-electron chi connectivity index (χ1n) is 7.90. The minimum absolute atomic E-state index is 0.144. The van der Waals surface area contributed by atoms with E-state index in [0.29, 0.717) is 12.3 Å². The number of nitrogens with zero attached hydrogens (tertiary/aromatic N) is 3. The first-order valence-corrected chi connectivity index (χ1v) is 7.90. The third-order valence-corrected chi connectivity index (χ3v) is 4.67. The van der Waals surface area contributed by atoms with Gasteiger partial charge in [0.2, 0.25) is 5.89 Å². The fraction of sp³-hybridized carbons (Fsp3) is 0.529. The average Bonchev–Trinajstić information content (AvgIpc) is 3.15. The molecule has 0 bridgehead atoms. The number of likely N-dealkylation sites (tertiary alicyclic amines) is 1. The third-order valence-electron chi connectivity index (χ3n) is 4.67. The molecule has 5 nitrogen and oxygen atoms in total. The van der Waals surface area contributed by atoms with Gasteiger partial charge >= 0.3 is 0 Å². The molecule has 1 aliphatic rings. The predicted molar refractivity (Wildman–Crippen MR) is 85.3 cm³/mol. The Bertz CT molecular complexity index is 612. The maximum atomic E-state index is 5.88. The molecule has 2 atom stereocenters. The van der Waals surface area contributed by atoms with Crippen molar-refractivity contribution in [2.45, 2.75) is 32.7 Å². The molecule has 22 heavy (non-hydrogen) atoms. The van der Waals surface area contributed by atoms with Crippen molar-refractivity contribution in [1.29, 1.82) is 0 Å². The number of rotatable bonds is 5. The van der Waals surface area contributed by atoms with E-state index in [1.807, 2.05) is 18.2 Å². The molecule has 2 aromatic rings. The van der Waals surface area contributed by atoms with Crippen LogP contribution >= 0.6 is 0 Å². The van der Waals surface area contributed by atoms with Gasteiger partial charge in [0.1, 0.15) is 0 Å². The Balaban J connectivity index is 1.66. The molecule has 1 aromatic heterocycles. The van der Waals surface area contributed by atoms with E-state index < -0.39 is 0 Å². The zero-order valence-electron chi connectivity index (χ0n) is 13.3. The van der Waals surface area contributed by atoms with Crippen LogP contribution in [0.4, 0.5) is 0 Å². The average molecular weight is 300 g/mol. The van der Waals surface area contributed by atoms with Crippen LogP contribution in [0, 0.1) is 5.41 Å². The second-order valence-corrected chi connectivity index (χ2v) is 6.62. The molecule has 0 radical (unpaired) electrons. The van der Waals surface area contributed by atoms with Crippen molar-refractivity contribution in [3.8, 4) is 0 Å². The van der Waals surface area contributed by atoms with Gasteiger partial charge in [-0.2, -0.15) is 4.98 Å². The fourth-order valence-corrected chi connectivity index (χ4v) is 3.00. The molecular formula is C17H24N4O. The summed E-state index contributed by atoms with van der Waals surface area (Å²) >= 11 is 0. The summed E-state index contributed by atoms with van der Waals surface area (Å²) < 4.78 is 5.48. The van der Waals surface area contributed by atoms with E-state index in [1.165, 1.54) is 5.56 Å². The Morgan fingerprint density at radius 3 is 2.82 bits per heavy atom. The van der Waals surface area contributed by atoms with Crippen molar-refractivity contribution in [2.75, 3.05) is 19.6 Å². The van der Waals surface area contributed by atoms with E-state index in [9.17, 15) is 0 Å². The highest BCUT2D eigenvalue weighted by Crippen LogP contribution is 2.33. The quantitative estimate of drug-likeness (QED) is 0.918. The maximum absolute atomic E-state index is 5.88. The summed E-state index contributed by atoms with van der Waals surface area (Å²) in [6, 6.07) is 10.4. The second kappa shape index (κ2) is 6.18. The van der Waals surface area contributed by atoms with Crippen LogP contribution in [0.25, 0.3) is 0 Å². The zero-order chi connectivity index (χ0) is 15.6. The summed E-state index contributed by atoms with van der Waals surface area (Å²) in [5.74, 6) is 1.45. The van der Waals surface area contributed by atoms with Gasteiger partial charge in [-0.15, -0.1) is 0 Å². The Hall–Kier alpha value is -1.72. The monoisotopic (exact) mass is 300 g/mol. The number of aromatic nitrogens is 2. The zero-order valence-corrected chi connectivity index (χ0v) is 13.3. The molecule has 0 amide bonds. The molecule has 2 unspecified atom stereocenters. The molecule has 2 heterocycles. The van der Waals surface area contributed by atoms with Crippen molar-refractivity contribution in [3.63, 3.8) is 0 Å². The van der Waals surface area contributed by atoms with Gasteiger partial charge in [0.05, 0.1) is 6.04 Å². The van der Waals surface area contributed by atoms with E-state index in [1.54, 1.807) is 0 Å². The summed E-state index contributed by atoms with van der Waals surface area (Å²) in [6.45, 7) is 7.11. The van der Waals surface area contributed by atoms with Gasteiger partial charge < -0.3 is 10.3 Å². The lowest BCUT2D eigenvalue weighted by Crippen LogP contribution is -2.32. The molecule has 3 rings (SSSR count). The number of hydrogen-bond donors (Lipinski definition) is 1. The highest BCUT2D eigenvalue weighted by molar-refractivity contribution is 5.18. The third kappa shape index (κ3) is 3.20. The fourth-order valence-electron chi connectivity index (χ4n) is 3.00. The normalized spacial score (nSPS) is 23.8. The van der Waals surface area contributed by atoms with Crippen molar-refractivity contribution < 1.29 is 4.52 Å². The lowest BCUT2D eigenvalue weighted by atomic mass is 9.90. The second-order valence-electron chi connectivity index (χ2n) is 6.62. The van der Waals surface area contributed by atoms with E-state index >= 15 is 0 Å². The summed E-state index contributed by atoms with van der Waals surface area (Å²) in [5.41, 5.74) is 7.28. The standard InChI is InChI=1S/C17H24N4O/c1-13(21-9-8-17(2,11-18)12-21)16-19-15(20-22-16)10-14-6-4-3-5-7-14/h3-7,13H,8-12,18H2,1-2H3. The largest absolute Gasteiger partial charge is 0.338 e. The molecule has 1 aliphatic heterocycles. The van der Waals surface area contributed by atoms with E-state index in [4.69, 9.17) is 10.3 Å². The Morgan fingerprint density at radius 2 is 2.14 bits per heavy atom. The topological polar surface area (TPSA) is 68.2 Å². The summed E-state index contributed by atoms with van der Waals surface area (Å²) in [4.78, 5) is 6.95. The van der Waals surface area contributed by atoms with Crippen LogP contribution in [-0.4, -0.2) is 34.7 Å². The number of nitrogens with two attached hydrogens (primary N) is 1. The van der Waals surface area contributed by atoms with Crippen LogP contribution in [0.3, 0.4) is 0 Å². The van der Waals surface area contributed by atoms with Gasteiger partial charge in [0.25, 0.3) is 0 Å². The van der Waals surface area contributed by atoms with Gasteiger partial charge in [0.15, 0.2) is 5.82 Å². The van der Waals surface area contributed by atoms with Crippen molar-refractivity contribution >= 4 is 0 Å². The lowest BCUT2D eigenvalue weighted by molar-refractivity contribution is 0.188. The lowest BCUT2D eigenvalue weighted by Gasteiger charge is -2.25. The highest BCUT2D eigenvalue weighted by atomic mass is 16.5. The molecule has 5 heteroatoms. The van der Waals surface area contributed by atoms with Gasteiger partial charge in [-0.05, 0) is 37.4 Å². The van der Waals surface area contributed by atoms with Crippen molar-refractivity contribution in [3.05, 3.63) is 47.6 Å². The van der Waals surface area contributed by atoms with Crippen LogP contribution in [-0.2, 0) is 6.42 Å². The van der Waals surface area contributed by atoms with Crippen molar-refractivity contribution in [2.24, 2.45) is 11.1 Å². The molecule has 1 aromatic carbocycles. The Kier molecular flexibility index (Phi) is 4.27. The highest BCUT2D eigenvalue weighted by Gasteiger charge is 2.36. The van der Waals surface area contributed by atoms with Gasteiger partial charge in [0, 0.05) is 13.0 Å². The molecule has 2 N–H and O–H groups in total. The summed E-state index contributed by atoms with van der Waals surface area (Å²) in [5, 5.41) is 4.12. The van der Waals surface area contributed by atoms with Crippen LogP contribution in [0.5, 0.6) is 0 Å². The van der Waals surface area contributed by atoms with Crippen LogP contribution in [0.15, 0.2) is 34.9 Å². The molecule has 118 valence electrons. The van der Waals surface area contributed by atoms with E-state index in [2.05, 4.69) is 41.0 Å². The SMILES string of the molecule is CC(c1nc(Cc2ccccc2)no1)N1CCC(C)(CN)C1. The molecule has 0 spiro atoms. The molecular weight excluding hydrogens is 276 g/mol. The van der Waals surface area contributed by atoms with Gasteiger partial charge in [-0.3, -0.25) is 4.90 Å². The molecule has 1 saturated heterocycles. The minimum Gasteiger partial charge on any atom is -0.338 e. The number of benzene rings is 1. The number of hydrogen-bond acceptors (Lipinski definition) is 5. The minimum atomic E-state index is 0.144. The molecule has 0 saturated carbocycles. The Labute approximate surface area is 131 Å². The van der Waals surface area contributed by atoms with Crippen LogP contribution < -0.4 is 5.73 Å². The Morgan fingerprint density at radius 1 is 1.36 bits per heavy atom. The van der Waals surface area contributed by atoms with Gasteiger partial charge in [-0.25, -0.2) is 0 Å². The summed E-state index contributed by atoms with van der Waals surface area (Å²) in [7, 11) is 0. The van der Waals surface area contributed by atoms with Crippen LogP contribution in [0.2, 0.25) is 0 Å². The first kappa shape index (κ1) is 15.2. The maximum Gasteiger partial charge on any atom is 0.243 e. The summed E-state index contributed by atoms with van der Waals surface area (Å²) in [6.07, 6.45) is 1.83. The smallest absolute Gasteiger partial charge is 0.243 e.